The first-order chi connectivity index (χ1) is 10.1. The summed E-state index contributed by atoms with van der Waals surface area (Å²) >= 11 is 0. The van der Waals surface area contributed by atoms with Gasteiger partial charge in [-0.2, -0.15) is 0 Å². The molecule has 0 saturated carbocycles. The number of rotatable bonds is 5. The maximum atomic E-state index is 8.63. The van der Waals surface area contributed by atoms with Crippen LogP contribution in [0.5, 0.6) is 0 Å². The van der Waals surface area contributed by atoms with Crippen molar-refractivity contribution in [2.75, 3.05) is 40.3 Å². The first-order valence-electron chi connectivity index (χ1n) is 7.26. The second-order valence-corrected chi connectivity index (χ2v) is 5.71. The molecule has 2 rings (SSSR count). The Morgan fingerprint density at radius 1 is 1.33 bits per heavy atom. The van der Waals surface area contributed by atoms with Crippen molar-refractivity contribution < 1.29 is 5.21 Å². The van der Waals surface area contributed by atoms with E-state index in [-0.39, 0.29) is 5.84 Å². The topological polar surface area (TPSA) is 77.1 Å². The number of nitrogens with one attached hydrogen (secondary N) is 1. The molecule has 1 unspecified atom stereocenters. The Hall–Kier alpha value is -1.63. The van der Waals surface area contributed by atoms with E-state index in [0.717, 1.165) is 38.3 Å². The van der Waals surface area contributed by atoms with Gasteiger partial charge in [0, 0.05) is 44.3 Å². The lowest BCUT2D eigenvalue weighted by Crippen LogP contribution is -2.53. The zero-order valence-corrected chi connectivity index (χ0v) is 12.8. The molecule has 6 nitrogen and oxygen atoms in total. The fourth-order valence-electron chi connectivity index (χ4n) is 2.56. The molecule has 0 bridgehead atoms. The lowest BCUT2D eigenvalue weighted by Gasteiger charge is -2.37. The van der Waals surface area contributed by atoms with Crippen LogP contribution >= 0.6 is 0 Å². The zero-order chi connectivity index (χ0) is 15.2. The Morgan fingerprint density at radius 2 is 2.05 bits per heavy atom. The van der Waals surface area contributed by atoms with Crippen molar-refractivity contribution >= 4 is 5.84 Å². The molecule has 1 aliphatic heterocycles. The molecule has 1 atom stereocenters. The molecule has 1 aromatic rings. The SMILES string of the molecule is CN1CCN(C)C(CNCc2ccc(C(N)=NO)cc2)C1. The van der Waals surface area contributed by atoms with Crippen LogP contribution < -0.4 is 11.1 Å². The highest BCUT2D eigenvalue weighted by Crippen LogP contribution is 2.07. The van der Waals surface area contributed by atoms with E-state index in [1.54, 1.807) is 0 Å². The second-order valence-electron chi connectivity index (χ2n) is 5.71. The standard InChI is InChI=1S/C15H25N5O/c1-19-7-8-20(2)14(11-19)10-17-9-12-3-5-13(6-4-12)15(16)18-21/h3-6,14,17,21H,7-11H2,1-2H3,(H2,16,18). The van der Waals surface area contributed by atoms with Crippen LogP contribution in [0.1, 0.15) is 11.1 Å². The summed E-state index contributed by atoms with van der Waals surface area (Å²) in [5.74, 6) is 0.140. The Labute approximate surface area is 126 Å². The highest BCUT2D eigenvalue weighted by molar-refractivity contribution is 5.96. The van der Waals surface area contributed by atoms with Crippen LogP contribution in [0.2, 0.25) is 0 Å². The molecule has 0 amide bonds. The average Bonchev–Trinajstić information content (AvgIpc) is 2.50. The molecule has 116 valence electrons. The van der Waals surface area contributed by atoms with E-state index in [0.29, 0.717) is 6.04 Å². The summed E-state index contributed by atoms with van der Waals surface area (Å²) < 4.78 is 0. The zero-order valence-electron chi connectivity index (χ0n) is 12.8. The second kappa shape index (κ2) is 7.40. The predicted molar refractivity (Wildman–Crippen MR) is 84.6 cm³/mol. The van der Waals surface area contributed by atoms with Gasteiger partial charge in [0.05, 0.1) is 0 Å². The summed E-state index contributed by atoms with van der Waals surface area (Å²) in [7, 11) is 4.36. The smallest absolute Gasteiger partial charge is 0.170 e. The maximum absolute atomic E-state index is 8.63. The number of likely N-dealkylation sites (N-methyl/N-ethyl adjacent to an activating group) is 2. The van der Waals surface area contributed by atoms with Crippen LogP contribution in [0.15, 0.2) is 29.4 Å². The summed E-state index contributed by atoms with van der Waals surface area (Å²) in [5.41, 5.74) is 7.47. The van der Waals surface area contributed by atoms with Crippen LogP contribution in [-0.4, -0.2) is 67.2 Å². The van der Waals surface area contributed by atoms with E-state index in [2.05, 4.69) is 34.4 Å². The normalized spacial score (nSPS) is 21.6. The summed E-state index contributed by atoms with van der Waals surface area (Å²) in [4.78, 5) is 4.78. The average molecular weight is 291 g/mol. The van der Waals surface area contributed by atoms with Crippen molar-refractivity contribution in [3.63, 3.8) is 0 Å². The molecule has 4 N–H and O–H groups in total. The third-order valence-electron chi connectivity index (χ3n) is 4.05. The molecule has 1 aromatic carbocycles. The molecule has 0 radical (unpaired) electrons. The quantitative estimate of drug-likeness (QED) is 0.311. The maximum Gasteiger partial charge on any atom is 0.170 e. The molecule has 1 heterocycles. The van der Waals surface area contributed by atoms with Crippen molar-refractivity contribution in [1.29, 1.82) is 0 Å². The van der Waals surface area contributed by atoms with Gasteiger partial charge < -0.3 is 21.2 Å². The van der Waals surface area contributed by atoms with Crippen molar-refractivity contribution in [3.05, 3.63) is 35.4 Å². The third kappa shape index (κ3) is 4.42. The number of hydrogen-bond acceptors (Lipinski definition) is 5. The molecule has 0 aliphatic carbocycles. The van der Waals surface area contributed by atoms with E-state index in [4.69, 9.17) is 10.9 Å². The van der Waals surface area contributed by atoms with Gasteiger partial charge >= 0.3 is 0 Å². The van der Waals surface area contributed by atoms with Gasteiger partial charge in [-0.25, -0.2) is 0 Å². The minimum atomic E-state index is 0.140. The molecule has 0 aromatic heterocycles. The van der Waals surface area contributed by atoms with Gasteiger partial charge in [0.1, 0.15) is 0 Å². The van der Waals surface area contributed by atoms with E-state index < -0.39 is 0 Å². The van der Waals surface area contributed by atoms with E-state index in [1.807, 2.05) is 24.3 Å². The van der Waals surface area contributed by atoms with Gasteiger partial charge in [0.25, 0.3) is 0 Å². The van der Waals surface area contributed by atoms with E-state index in [9.17, 15) is 0 Å². The monoisotopic (exact) mass is 291 g/mol. The van der Waals surface area contributed by atoms with E-state index in [1.165, 1.54) is 5.56 Å². The molecule has 1 fully saturated rings. The number of hydrogen-bond donors (Lipinski definition) is 3. The highest BCUT2D eigenvalue weighted by Gasteiger charge is 2.21. The number of amidine groups is 1. The lowest BCUT2D eigenvalue weighted by atomic mass is 10.1. The molecular formula is C15H25N5O. The van der Waals surface area contributed by atoms with Crippen LogP contribution in [0.25, 0.3) is 0 Å². The summed E-state index contributed by atoms with van der Waals surface area (Å²) in [6.07, 6.45) is 0. The number of oxime groups is 1. The van der Waals surface area contributed by atoms with Crippen molar-refractivity contribution in [3.8, 4) is 0 Å². The Balaban J connectivity index is 1.80. The van der Waals surface area contributed by atoms with Gasteiger partial charge in [0.15, 0.2) is 5.84 Å². The Morgan fingerprint density at radius 3 is 2.71 bits per heavy atom. The van der Waals surface area contributed by atoms with Gasteiger partial charge in [-0.1, -0.05) is 29.4 Å². The number of nitrogens with zero attached hydrogens (tertiary/aromatic N) is 3. The lowest BCUT2D eigenvalue weighted by molar-refractivity contribution is 0.113. The van der Waals surface area contributed by atoms with E-state index >= 15 is 0 Å². The van der Waals surface area contributed by atoms with Crippen molar-refractivity contribution in [2.24, 2.45) is 10.9 Å². The highest BCUT2D eigenvalue weighted by atomic mass is 16.4. The van der Waals surface area contributed by atoms with Crippen molar-refractivity contribution in [2.45, 2.75) is 12.6 Å². The molecule has 0 spiro atoms. The Kier molecular flexibility index (Phi) is 5.55. The number of nitrogens with two attached hydrogens (primary N) is 1. The summed E-state index contributed by atoms with van der Waals surface area (Å²) in [6.45, 7) is 5.17. The van der Waals surface area contributed by atoms with Crippen LogP contribution in [0, 0.1) is 0 Å². The predicted octanol–water partition coefficient (Wildman–Crippen LogP) is 0.117. The fraction of sp³-hybridized carbons (Fsp3) is 0.533. The first-order valence-corrected chi connectivity index (χ1v) is 7.26. The third-order valence-corrected chi connectivity index (χ3v) is 4.05. The molecule has 21 heavy (non-hydrogen) atoms. The number of piperazine rings is 1. The molecular weight excluding hydrogens is 266 g/mol. The fourth-order valence-corrected chi connectivity index (χ4v) is 2.56. The van der Waals surface area contributed by atoms with Crippen molar-refractivity contribution in [1.82, 2.24) is 15.1 Å². The minimum absolute atomic E-state index is 0.140. The first kappa shape index (κ1) is 15.8. The van der Waals surface area contributed by atoms with Crippen LogP contribution in [0.3, 0.4) is 0 Å². The van der Waals surface area contributed by atoms with Gasteiger partial charge in [0.2, 0.25) is 0 Å². The van der Waals surface area contributed by atoms with Crippen LogP contribution in [-0.2, 0) is 6.54 Å². The van der Waals surface area contributed by atoms with Gasteiger partial charge in [-0.15, -0.1) is 0 Å². The Bertz CT molecular complexity index is 473. The largest absolute Gasteiger partial charge is 0.409 e. The number of benzene rings is 1. The summed E-state index contributed by atoms with van der Waals surface area (Å²) in [6, 6.07) is 8.29. The van der Waals surface area contributed by atoms with Gasteiger partial charge in [-0.05, 0) is 19.7 Å². The summed E-state index contributed by atoms with van der Waals surface area (Å²) in [5, 5.41) is 15.1. The molecule has 6 heteroatoms. The minimum Gasteiger partial charge on any atom is -0.409 e. The van der Waals surface area contributed by atoms with Crippen LogP contribution in [0.4, 0.5) is 0 Å². The van der Waals surface area contributed by atoms with Gasteiger partial charge in [-0.3, -0.25) is 4.90 Å². The molecule has 1 saturated heterocycles. The molecule has 1 aliphatic rings.